The summed E-state index contributed by atoms with van der Waals surface area (Å²) in [5.41, 5.74) is 2.90. The highest BCUT2D eigenvalue weighted by atomic mass is 19.4. The zero-order chi connectivity index (χ0) is 26.0. The van der Waals surface area contributed by atoms with Crippen LogP contribution in [0.1, 0.15) is 21.6 Å². The van der Waals surface area contributed by atoms with Crippen molar-refractivity contribution in [3.8, 4) is 11.1 Å². The van der Waals surface area contributed by atoms with Gasteiger partial charge in [0.1, 0.15) is 0 Å². The average molecular weight is 502 g/mol. The second kappa shape index (κ2) is 9.77. The molecule has 1 amide bonds. The number of nitrogens with zero attached hydrogens (tertiary/aromatic N) is 2. The summed E-state index contributed by atoms with van der Waals surface area (Å²) < 4.78 is 40.4. The van der Waals surface area contributed by atoms with Crippen molar-refractivity contribution in [1.82, 2.24) is 14.5 Å². The molecule has 6 nitrogen and oxygen atoms in total. The maximum Gasteiger partial charge on any atom is 0.416 e. The fourth-order valence-corrected chi connectivity index (χ4v) is 4.21. The van der Waals surface area contributed by atoms with Crippen molar-refractivity contribution in [2.24, 2.45) is 0 Å². The SMILES string of the molecule is O=C(Nc1ccc2c(c1)[nH]c(=O)n2CCc1ccccn1)c1ccccc1-c1ccc(C(F)(F)F)cc1. The summed E-state index contributed by atoms with van der Waals surface area (Å²) in [7, 11) is 0. The van der Waals surface area contributed by atoms with Crippen molar-refractivity contribution in [3.05, 3.63) is 118 Å². The predicted molar refractivity (Wildman–Crippen MR) is 135 cm³/mol. The standard InChI is InChI=1S/C28H21F3N4O2/c29-28(30,31)19-10-8-18(9-11-19)22-6-1-2-7-23(22)26(36)33-21-12-13-25-24(17-21)34-27(37)35(25)16-14-20-5-3-4-15-32-20/h1-13,15,17H,14,16H2,(H,33,36)(H,34,37). The van der Waals surface area contributed by atoms with Gasteiger partial charge in [0.2, 0.25) is 0 Å². The first-order valence-electron chi connectivity index (χ1n) is 11.5. The number of halogens is 3. The summed E-state index contributed by atoms with van der Waals surface area (Å²) >= 11 is 0. The minimum Gasteiger partial charge on any atom is -0.322 e. The highest BCUT2D eigenvalue weighted by Gasteiger charge is 2.30. The van der Waals surface area contributed by atoms with Gasteiger partial charge in [-0.2, -0.15) is 13.2 Å². The molecule has 0 aliphatic rings. The molecule has 2 heterocycles. The van der Waals surface area contributed by atoms with Crippen molar-refractivity contribution in [1.29, 1.82) is 0 Å². The van der Waals surface area contributed by atoms with E-state index < -0.39 is 17.6 Å². The van der Waals surface area contributed by atoms with E-state index >= 15 is 0 Å². The van der Waals surface area contributed by atoms with Crippen molar-refractivity contribution in [2.45, 2.75) is 19.1 Å². The lowest BCUT2D eigenvalue weighted by atomic mass is 9.98. The monoisotopic (exact) mass is 502 g/mol. The molecule has 2 N–H and O–H groups in total. The van der Waals surface area contributed by atoms with Gasteiger partial charge in [-0.25, -0.2) is 4.79 Å². The summed E-state index contributed by atoms with van der Waals surface area (Å²) in [4.78, 5) is 32.8. The summed E-state index contributed by atoms with van der Waals surface area (Å²) in [6, 6.07) is 22.1. The number of hydrogen-bond donors (Lipinski definition) is 2. The third-order valence-corrected chi connectivity index (χ3v) is 6.04. The quantitative estimate of drug-likeness (QED) is 0.303. The third kappa shape index (κ3) is 5.16. The second-order valence-corrected chi connectivity index (χ2v) is 8.46. The maximum atomic E-state index is 13.1. The van der Waals surface area contributed by atoms with Gasteiger partial charge >= 0.3 is 11.9 Å². The van der Waals surface area contributed by atoms with E-state index in [-0.39, 0.29) is 5.69 Å². The highest BCUT2D eigenvalue weighted by Crippen LogP contribution is 2.32. The van der Waals surface area contributed by atoms with E-state index in [4.69, 9.17) is 0 Å². The molecule has 5 aromatic rings. The van der Waals surface area contributed by atoms with Gasteiger partial charge in [-0.05, 0) is 59.7 Å². The van der Waals surface area contributed by atoms with Crippen LogP contribution in [-0.4, -0.2) is 20.4 Å². The van der Waals surface area contributed by atoms with Crippen LogP contribution in [0.15, 0.2) is 95.9 Å². The van der Waals surface area contributed by atoms with Crippen molar-refractivity contribution < 1.29 is 18.0 Å². The summed E-state index contributed by atoms with van der Waals surface area (Å²) in [5, 5.41) is 2.82. The van der Waals surface area contributed by atoms with Crippen molar-refractivity contribution in [2.75, 3.05) is 5.32 Å². The van der Waals surface area contributed by atoms with E-state index in [1.807, 2.05) is 18.2 Å². The van der Waals surface area contributed by atoms with Crippen LogP contribution in [-0.2, 0) is 19.1 Å². The predicted octanol–water partition coefficient (Wildman–Crippen LogP) is 5.91. The number of amides is 1. The number of H-pyrrole nitrogens is 1. The molecule has 0 radical (unpaired) electrons. The summed E-state index contributed by atoms with van der Waals surface area (Å²) in [6.45, 7) is 0.446. The first-order valence-corrected chi connectivity index (χ1v) is 11.5. The van der Waals surface area contributed by atoms with Gasteiger partial charge in [-0.3, -0.25) is 14.3 Å². The van der Waals surface area contributed by atoms with Crippen LogP contribution >= 0.6 is 0 Å². The summed E-state index contributed by atoms with van der Waals surface area (Å²) in [6.07, 6.45) is -2.14. The minimum absolute atomic E-state index is 0.262. The molecule has 0 aliphatic heterocycles. The Morgan fingerprint density at radius 1 is 0.946 bits per heavy atom. The summed E-state index contributed by atoms with van der Waals surface area (Å²) in [5.74, 6) is -0.424. The third-order valence-electron chi connectivity index (χ3n) is 6.04. The number of benzene rings is 3. The lowest BCUT2D eigenvalue weighted by molar-refractivity contribution is -0.137. The molecular formula is C28H21F3N4O2. The molecule has 0 unspecified atom stereocenters. The number of carbonyl (C=O) groups is 1. The number of carbonyl (C=O) groups excluding carboxylic acids is 1. The van der Waals surface area contributed by atoms with E-state index in [0.717, 1.165) is 17.8 Å². The van der Waals surface area contributed by atoms with Gasteiger partial charge in [-0.1, -0.05) is 36.4 Å². The Bertz CT molecular complexity index is 1620. The molecule has 3 aromatic carbocycles. The molecule has 2 aromatic heterocycles. The maximum absolute atomic E-state index is 13.1. The molecule has 0 bridgehead atoms. The van der Waals surface area contributed by atoms with Gasteiger partial charge in [0.15, 0.2) is 0 Å². The number of hydrogen-bond acceptors (Lipinski definition) is 3. The fraction of sp³-hybridized carbons (Fsp3) is 0.107. The Labute approximate surface area is 209 Å². The molecular weight excluding hydrogens is 481 g/mol. The number of pyridine rings is 1. The zero-order valence-corrected chi connectivity index (χ0v) is 19.4. The van der Waals surface area contributed by atoms with E-state index in [2.05, 4.69) is 15.3 Å². The number of rotatable bonds is 6. The fourth-order valence-electron chi connectivity index (χ4n) is 4.21. The first-order chi connectivity index (χ1) is 17.8. The zero-order valence-electron chi connectivity index (χ0n) is 19.4. The number of aromatic amines is 1. The van der Waals surface area contributed by atoms with Gasteiger partial charge in [0.25, 0.3) is 5.91 Å². The highest BCUT2D eigenvalue weighted by molar-refractivity contribution is 6.09. The van der Waals surface area contributed by atoms with E-state index in [9.17, 15) is 22.8 Å². The van der Waals surface area contributed by atoms with E-state index in [1.165, 1.54) is 12.1 Å². The Balaban J connectivity index is 1.37. The van der Waals surface area contributed by atoms with Gasteiger partial charge in [-0.15, -0.1) is 0 Å². The molecule has 0 fully saturated rings. The molecule has 186 valence electrons. The lowest BCUT2D eigenvalue weighted by Crippen LogP contribution is -2.18. The van der Waals surface area contributed by atoms with Crippen LogP contribution in [0.25, 0.3) is 22.2 Å². The number of nitrogens with one attached hydrogen (secondary N) is 2. The van der Waals surface area contributed by atoms with Gasteiger partial charge in [0.05, 0.1) is 16.6 Å². The van der Waals surface area contributed by atoms with Gasteiger partial charge in [0, 0.05) is 36.1 Å². The van der Waals surface area contributed by atoms with Crippen molar-refractivity contribution >= 4 is 22.6 Å². The minimum atomic E-state index is -4.44. The van der Waals surface area contributed by atoms with Crippen molar-refractivity contribution in [3.63, 3.8) is 0 Å². The van der Waals surface area contributed by atoms with Crippen LogP contribution in [0.3, 0.4) is 0 Å². The Hall–Kier alpha value is -4.66. The number of imidazole rings is 1. The first kappa shape index (κ1) is 24.1. The lowest BCUT2D eigenvalue weighted by Gasteiger charge is -2.12. The Morgan fingerprint density at radius 3 is 2.43 bits per heavy atom. The molecule has 0 atom stereocenters. The number of anilines is 1. The van der Waals surface area contributed by atoms with Crippen LogP contribution in [0, 0.1) is 0 Å². The number of alkyl halides is 3. The average Bonchev–Trinajstić information content (AvgIpc) is 3.21. The largest absolute Gasteiger partial charge is 0.416 e. The number of aromatic nitrogens is 3. The molecule has 5 rings (SSSR count). The number of fused-ring (bicyclic) bond motifs is 1. The molecule has 0 aliphatic carbocycles. The van der Waals surface area contributed by atoms with Crippen LogP contribution in [0.2, 0.25) is 0 Å². The second-order valence-electron chi connectivity index (χ2n) is 8.46. The normalized spacial score (nSPS) is 11.5. The molecule has 9 heteroatoms. The van der Waals surface area contributed by atoms with Crippen LogP contribution in [0.4, 0.5) is 18.9 Å². The van der Waals surface area contributed by atoms with E-state index in [1.54, 1.807) is 53.2 Å². The van der Waals surface area contributed by atoms with E-state index in [0.29, 0.717) is 46.4 Å². The topological polar surface area (TPSA) is 79.8 Å². The Kier molecular flexibility index (Phi) is 6.35. The Morgan fingerprint density at radius 2 is 1.70 bits per heavy atom. The number of aryl methyl sites for hydroxylation is 2. The van der Waals surface area contributed by atoms with Crippen LogP contribution in [0.5, 0.6) is 0 Å². The van der Waals surface area contributed by atoms with Gasteiger partial charge < -0.3 is 10.3 Å². The molecule has 37 heavy (non-hydrogen) atoms. The van der Waals surface area contributed by atoms with Crippen LogP contribution < -0.4 is 11.0 Å². The molecule has 0 spiro atoms. The smallest absolute Gasteiger partial charge is 0.322 e. The molecule has 0 saturated heterocycles. The molecule has 0 saturated carbocycles.